The summed E-state index contributed by atoms with van der Waals surface area (Å²) in [5.41, 5.74) is 2.23. The second-order valence-corrected chi connectivity index (χ2v) is 13.9. The van der Waals surface area contributed by atoms with Crippen molar-refractivity contribution >= 4 is 13.2 Å². The normalized spacial score (nSPS) is 54.8. The van der Waals surface area contributed by atoms with Crippen LogP contribution in [0.25, 0.3) is 0 Å². The first-order chi connectivity index (χ1) is 12.8. The van der Waals surface area contributed by atoms with E-state index in [4.69, 9.17) is 0 Å². The lowest BCUT2D eigenvalue weighted by Gasteiger charge is -2.63. The quantitative estimate of drug-likeness (QED) is 0.444. The first kappa shape index (κ1) is 15.7. The molecule has 0 heterocycles. The van der Waals surface area contributed by atoms with Gasteiger partial charge in [0.1, 0.15) is 0 Å². The Morgan fingerprint density at radius 3 is 1.38 bits per heavy atom. The smallest absolute Gasteiger partial charge is 0.0223 e. The van der Waals surface area contributed by atoms with E-state index >= 15 is 0 Å². The Morgan fingerprint density at radius 1 is 0.615 bits per heavy atom. The summed E-state index contributed by atoms with van der Waals surface area (Å²) in [6, 6.07) is 9.83. The maximum absolute atomic E-state index is 2.56. The van der Waals surface area contributed by atoms with Gasteiger partial charge < -0.3 is 0 Å². The molecular weight excluding hydrogens is 331 g/mol. The van der Waals surface area contributed by atoms with Crippen molar-refractivity contribution in [2.45, 2.75) is 75.5 Å². The van der Waals surface area contributed by atoms with Crippen LogP contribution in [-0.4, -0.2) is 11.3 Å². The minimum absolute atomic E-state index is 0.0815. The van der Waals surface area contributed by atoms with Crippen molar-refractivity contribution in [1.29, 1.82) is 0 Å². The minimum Gasteiger partial charge on any atom is -0.206 e. The van der Waals surface area contributed by atoms with Gasteiger partial charge in [0.05, 0.1) is 0 Å². The average Bonchev–Trinajstić information content (AvgIpc) is 3.12. The van der Waals surface area contributed by atoms with Crippen LogP contribution in [0.4, 0.5) is 0 Å². The van der Waals surface area contributed by atoms with Crippen molar-refractivity contribution in [3.05, 3.63) is 24.3 Å². The summed E-state index contributed by atoms with van der Waals surface area (Å²) in [4.78, 5) is 0. The Bertz CT molecular complexity index is 574. The molecule has 140 valence electrons. The molecule has 1 aromatic carbocycles. The van der Waals surface area contributed by atoms with E-state index in [1.165, 1.54) is 0 Å². The molecule has 9 rings (SSSR count). The van der Waals surface area contributed by atoms with Gasteiger partial charge in [-0.05, 0) is 123 Å². The highest BCUT2D eigenvalue weighted by Crippen LogP contribution is 2.70. The Morgan fingerprint density at radius 2 is 1.04 bits per heavy atom. The largest absolute Gasteiger partial charge is 0.206 e. The molecule has 8 aliphatic carbocycles. The van der Waals surface area contributed by atoms with Crippen LogP contribution in [0, 0.1) is 47.3 Å². The Kier molecular flexibility index (Phi) is 3.41. The first-order valence-electron chi connectivity index (χ1n) is 11.8. The highest BCUT2D eigenvalue weighted by Gasteiger charge is 2.55. The van der Waals surface area contributed by atoms with Crippen LogP contribution in [0.1, 0.15) is 64.2 Å². The van der Waals surface area contributed by atoms with Crippen LogP contribution in [-0.2, 0) is 0 Å². The van der Waals surface area contributed by atoms with Gasteiger partial charge in [-0.1, -0.05) is 0 Å². The average molecular weight is 366 g/mol. The van der Waals surface area contributed by atoms with E-state index in [-0.39, 0.29) is 7.92 Å². The molecule has 1 aromatic rings. The lowest BCUT2D eigenvalue weighted by molar-refractivity contribution is 0.0136. The van der Waals surface area contributed by atoms with Gasteiger partial charge in [-0.25, -0.2) is 6.07 Å². The third-order valence-corrected chi connectivity index (χ3v) is 13.8. The fourth-order valence-corrected chi connectivity index (χ4v) is 14.2. The molecule has 0 aliphatic heterocycles. The number of hydrogen-bond acceptors (Lipinski definition) is 0. The van der Waals surface area contributed by atoms with E-state index < -0.39 is 0 Å². The third kappa shape index (κ3) is 2.21. The van der Waals surface area contributed by atoms with Gasteiger partial charge in [0, 0.05) is 0 Å². The van der Waals surface area contributed by atoms with Crippen LogP contribution in [0.15, 0.2) is 24.3 Å². The van der Waals surface area contributed by atoms with Crippen LogP contribution in [0.3, 0.4) is 0 Å². The van der Waals surface area contributed by atoms with Gasteiger partial charge in [0.25, 0.3) is 0 Å². The van der Waals surface area contributed by atoms with Crippen molar-refractivity contribution in [3.63, 3.8) is 0 Å². The SMILES string of the molecule is c1cc(P(C2C3CC4CC(C3)CC2C4)C2C3CC4CC(C3)CC2C4)c[cH-]1. The molecule has 0 spiro atoms. The van der Waals surface area contributed by atoms with E-state index in [0.717, 1.165) is 58.7 Å². The monoisotopic (exact) mass is 365 g/mol. The van der Waals surface area contributed by atoms with Gasteiger partial charge in [-0.15, -0.1) is 7.92 Å². The molecule has 0 unspecified atom stereocenters. The molecule has 8 bridgehead atoms. The van der Waals surface area contributed by atoms with Crippen molar-refractivity contribution in [1.82, 2.24) is 0 Å². The first-order valence-corrected chi connectivity index (χ1v) is 13.3. The molecule has 8 aliphatic rings. The van der Waals surface area contributed by atoms with Crippen LogP contribution in [0.2, 0.25) is 0 Å². The van der Waals surface area contributed by atoms with E-state index in [9.17, 15) is 0 Å². The highest BCUT2D eigenvalue weighted by atomic mass is 31.1. The standard InChI is InChI=1S/C25H34P/c1-2-4-23(3-1)26(24-19-7-15-5-16(9-19)10-20(24)8-15)25-21-11-17-6-18(13-21)14-22(25)12-17/h1-4,15-22,24-25H,5-14H2/q-1. The molecule has 0 atom stereocenters. The van der Waals surface area contributed by atoms with Gasteiger partial charge in [-0.2, -0.15) is 23.5 Å². The molecule has 8 fully saturated rings. The van der Waals surface area contributed by atoms with E-state index in [1.54, 1.807) is 64.2 Å². The summed E-state index contributed by atoms with van der Waals surface area (Å²) in [6.45, 7) is 0. The molecule has 0 saturated heterocycles. The molecule has 0 N–H and O–H groups in total. The molecule has 0 radical (unpaired) electrons. The van der Waals surface area contributed by atoms with Crippen molar-refractivity contribution in [3.8, 4) is 0 Å². The lowest BCUT2D eigenvalue weighted by atomic mass is 9.55. The second-order valence-electron chi connectivity index (χ2n) is 11.4. The van der Waals surface area contributed by atoms with E-state index in [2.05, 4.69) is 24.3 Å². The lowest BCUT2D eigenvalue weighted by Crippen LogP contribution is -2.53. The second kappa shape index (κ2) is 5.65. The molecule has 0 nitrogen and oxygen atoms in total. The maximum Gasteiger partial charge on any atom is -0.0223 e. The molecular formula is C25H34P-. The zero-order valence-corrected chi connectivity index (χ0v) is 17.0. The van der Waals surface area contributed by atoms with Gasteiger partial charge in [-0.3, -0.25) is 0 Å². The summed E-state index contributed by atoms with van der Waals surface area (Å²) in [7, 11) is 0.0815. The Labute approximate surface area is 160 Å². The highest BCUT2D eigenvalue weighted by molar-refractivity contribution is 7.67. The molecule has 8 saturated carbocycles. The van der Waals surface area contributed by atoms with Gasteiger partial charge in [0.15, 0.2) is 0 Å². The Balaban J connectivity index is 1.29. The fraction of sp³-hybridized carbons (Fsp3) is 0.800. The van der Waals surface area contributed by atoms with Gasteiger partial charge >= 0.3 is 0 Å². The molecule has 0 aromatic heterocycles. The van der Waals surface area contributed by atoms with E-state index in [1.807, 2.05) is 5.30 Å². The predicted octanol–water partition coefficient (Wildman–Crippen LogP) is 6.16. The van der Waals surface area contributed by atoms with Crippen LogP contribution >= 0.6 is 7.92 Å². The third-order valence-electron chi connectivity index (χ3n) is 9.94. The molecule has 0 amide bonds. The predicted molar refractivity (Wildman–Crippen MR) is 110 cm³/mol. The zero-order valence-electron chi connectivity index (χ0n) is 16.1. The summed E-state index contributed by atoms with van der Waals surface area (Å²) >= 11 is 0. The van der Waals surface area contributed by atoms with Crippen molar-refractivity contribution < 1.29 is 0 Å². The zero-order chi connectivity index (χ0) is 16.8. The Hall–Kier alpha value is -0.220. The minimum atomic E-state index is 0.0815. The number of rotatable bonds is 3. The van der Waals surface area contributed by atoms with Gasteiger partial charge in [0.2, 0.25) is 0 Å². The molecule has 26 heavy (non-hydrogen) atoms. The van der Waals surface area contributed by atoms with E-state index in [0.29, 0.717) is 0 Å². The topological polar surface area (TPSA) is 0 Å². The maximum atomic E-state index is 2.56. The van der Waals surface area contributed by atoms with Crippen LogP contribution < -0.4 is 5.30 Å². The van der Waals surface area contributed by atoms with Crippen molar-refractivity contribution in [2.24, 2.45) is 47.3 Å². The van der Waals surface area contributed by atoms with Crippen molar-refractivity contribution in [2.75, 3.05) is 0 Å². The summed E-state index contributed by atoms with van der Waals surface area (Å²) in [5.74, 6) is 8.97. The molecule has 1 heteroatoms. The number of hydrogen-bond donors (Lipinski definition) is 0. The summed E-state index contributed by atoms with van der Waals surface area (Å²) < 4.78 is 0. The summed E-state index contributed by atoms with van der Waals surface area (Å²) in [6.07, 6.45) is 16.1. The fourth-order valence-electron chi connectivity index (χ4n) is 9.78. The van der Waals surface area contributed by atoms with Crippen LogP contribution in [0.5, 0.6) is 0 Å². The summed E-state index contributed by atoms with van der Waals surface area (Å²) in [5, 5.41) is 1.83.